The molecule has 2 heteroatoms. The van der Waals surface area contributed by atoms with E-state index in [0.717, 1.165) is 38.8 Å². The first-order valence-corrected chi connectivity index (χ1v) is 9.36. The number of benzene rings is 1. The lowest BCUT2D eigenvalue weighted by Gasteiger charge is -2.26. The maximum atomic E-state index is 6.02. The van der Waals surface area contributed by atoms with Crippen molar-refractivity contribution in [3.05, 3.63) is 47.0 Å². The van der Waals surface area contributed by atoms with Crippen molar-refractivity contribution >= 4 is 0 Å². The molecule has 1 aromatic rings. The van der Waals surface area contributed by atoms with Gasteiger partial charge < -0.3 is 10.5 Å². The molecule has 1 unspecified atom stereocenters. The summed E-state index contributed by atoms with van der Waals surface area (Å²) >= 11 is 0. The Morgan fingerprint density at radius 3 is 2.83 bits per heavy atom. The fraction of sp³-hybridized carbons (Fsp3) is 0.619. The molecule has 2 atom stereocenters. The van der Waals surface area contributed by atoms with Crippen LogP contribution < -0.4 is 5.73 Å². The first kappa shape index (κ1) is 18.2. The van der Waals surface area contributed by atoms with Gasteiger partial charge in [0.1, 0.15) is 0 Å². The van der Waals surface area contributed by atoms with Crippen molar-refractivity contribution in [2.75, 3.05) is 13.2 Å². The SMILES string of the molecule is CCC/C=C/CO[C@H]1CCc2cc(C(CN)CCC)ccc2C1. The molecule has 0 heterocycles. The van der Waals surface area contributed by atoms with E-state index < -0.39 is 0 Å². The molecule has 0 saturated carbocycles. The molecule has 1 aromatic carbocycles. The molecular weight excluding hydrogens is 282 g/mol. The van der Waals surface area contributed by atoms with Gasteiger partial charge in [0.2, 0.25) is 0 Å². The highest BCUT2D eigenvalue weighted by Crippen LogP contribution is 2.28. The minimum absolute atomic E-state index is 0.376. The van der Waals surface area contributed by atoms with Crippen LogP contribution in [0.2, 0.25) is 0 Å². The van der Waals surface area contributed by atoms with Crippen molar-refractivity contribution in [2.45, 2.75) is 70.8 Å². The summed E-state index contributed by atoms with van der Waals surface area (Å²) in [5.74, 6) is 0.517. The molecule has 0 aliphatic heterocycles. The second-order valence-corrected chi connectivity index (χ2v) is 6.71. The molecule has 0 spiro atoms. The van der Waals surface area contributed by atoms with Crippen LogP contribution >= 0.6 is 0 Å². The topological polar surface area (TPSA) is 35.2 Å². The lowest BCUT2D eigenvalue weighted by Crippen LogP contribution is -2.23. The average molecular weight is 316 g/mol. The van der Waals surface area contributed by atoms with Gasteiger partial charge in [0, 0.05) is 0 Å². The molecule has 0 amide bonds. The summed E-state index contributed by atoms with van der Waals surface area (Å²) in [5.41, 5.74) is 10.4. The van der Waals surface area contributed by atoms with Gasteiger partial charge in [0.05, 0.1) is 12.7 Å². The highest BCUT2D eigenvalue weighted by Gasteiger charge is 2.20. The molecule has 128 valence electrons. The number of hydrogen-bond acceptors (Lipinski definition) is 2. The van der Waals surface area contributed by atoms with Gasteiger partial charge in [0.25, 0.3) is 0 Å². The number of allylic oxidation sites excluding steroid dienone is 1. The van der Waals surface area contributed by atoms with Crippen LogP contribution in [-0.4, -0.2) is 19.3 Å². The van der Waals surface area contributed by atoms with Gasteiger partial charge in [-0.25, -0.2) is 0 Å². The average Bonchev–Trinajstić information content (AvgIpc) is 2.59. The van der Waals surface area contributed by atoms with Crippen LogP contribution in [0.1, 0.15) is 68.6 Å². The molecule has 2 nitrogen and oxygen atoms in total. The Labute approximate surface area is 142 Å². The van der Waals surface area contributed by atoms with Crippen LogP contribution in [0.3, 0.4) is 0 Å². The predicted octanol–water partition coefficient (Wildman–Crippen LogP) is 4.76. The number of rotatable bonds is 9. The third-order valence-electron chi connectivity index (χ3n) is 4.86. The van der Waals surface area contributed by atoms with E-state index in [2.05, 4.69) is 44.2 Å². The molecule has 0 aromatic heterocycles. The largest absolute Gasteiger partial charge is 0.374 e. The van der Waals surface area contributed by atoms with Crippen LogP contribution in [0.25, 0.3) is 0 Å². The Kier molecular flexibility index (Phi) is 7.84. The maximum Gasteiger partial charge on any atom is 0.0651 e. The van der Waals surface area contributed by atoms with Crippen molar-refractivity contribution in [1.29, 1.82) is 0 Å². The first-order chi connectivity index (χ1) is 11.3. The van der Waals surface area contributed by atoms with E-state index in [4.69, 9.17) is 10.5 Å². The van der Waals surface area contributed by atoms with Crippen molar-refractivity contribution in [2.24, 2.45) is 5.73 Å². The zero-order chi connectivity index (χ0) is 16.5. The molecule has 23 heavy (non-hydrogen) atoms. The van der Waals surface area contributed by atoms with Crippen LogP contribution in [0.5, 0.6) is 0 Å². The molecule has 0 bridgehead atoms. The zero-order valence-corrected chi connectivity index (χ0v) is 14.9. The van der Waals surface area contributed by atoms with Gasteiger partial charge in [-0.1, -0.05) is 57.0 Å². The molecular formula is C21H33NO. The second kappa shape index (κ2) is 9.89. The normalized spacial score (nSPS) is 19.0. The quantitative estimate of drug-likeness (QED) is 0.667. The predicted molar refractivity (Wildman–Crippen MR) is 99.0 cm³/mol. The van der Waals surface area contributed by atoms with E-state index in [9.17, 15) is 0 Å². The Balaban J connectivity index is 1.92. The van der Waals surface area contributed by atoms with E-state index in [0.29, 0.717) is 12.0 Å². The number of unbranched alkanes of at least 4 members (excludes halogenated alkanes) is 1. The number of fused-ring (bicyclic) bond motifs is 1. The number of ether oxygens (including phenoxy) is 1. The van der Waals surface area contributed by atoms with Gasteiger partial charge in [-0.2, -0.15) is 0 Å². The van der Waals surface area contributed by atoms with E-state index in [1.165, 1.54) is 36.0 Å². The Hall–Kier alpha value is -1.12. The monoisotopic (exact) mass is 315 g/mol. The maximum absolute atomic E-state index is 6.02. The Morgan fingerprint density at radius 1 is 1.22 bits per heavy atom. The van der Waals surface area contributed by atoms with Crippen LogP contribution in [0.15, 0.2) is 30.4 Å². The molecule has 1 aliphatic carbocycles. The van der Waals surface area contributed by atoms with Gasteiger partial charge in [-0.3, -0.25) is 0 Å². The lowest BCUT2D eigenvalue weighted by atomic mass is 9.85. The summed E-state index contributed by atoms with van der Waals surface area (Å²) in [6, 6.07) is 7.00. The van der Waals surface area contributed by atoms with Gasteiger partial charge in [-0.05, 0) is 61.3 Å². The molecule has 2 N–H and O–H groups in total. The summed E-state index contributed by atoms with van der Waals surface area (Å²) in [4.78, 5) is 0. The van der Waals surface area contributed by atoms with Crippen molar-refractivity contribution in [1.82, 2.24) is 0 Å². The fourth-order valence-corrected chi connectivity index (χ4v) is 3.45. The summed E-state index contributed by atoms with van der Waals surface area (Å²) < 4.78 is 6.02. The van der Waals surface area contributed by atoms with Gasteiger partial charge in [-0.15, -0.1) is 0 Å². The van der Waals surface area contributed by atoms with E-state index in [1.54, 1.807) is 0 Å². The van der Waals surface area contributed by atoms with Crippen molar-refractivity contribution < 1.29 is 4.74 Å². The van der Waals surface area contributed by atoms with Crippen molar-refractivity contribution in [3.63, 3.8) is 0 Å². The minimum atomic E-state index is 0.376. The summed E-state index contributed by atoms with van der Waals surface area (Å²) in [5, 5.41) is 0. The highest BCUT2D eigenvalue weighted by atomic mass is 16.5. The summed E-state index contributed by atoms with van der Waals surface area (Å²) in [6.07, 6.45) is 12.8. The molecule has 2 rings (SSSR count). The second-order valence-electron chi connectivity index (χ2n) is 6.71. The smallest absolute Gasteiger partial charge is 0.0651 e. The van der Waals surface area contributed by atoms with Gasteiger partial charge in [0.15, 0.2) is 0 Å². The molecule has 0 fully saturated rings. The molecule has 0 radical (unpaired) electrons. The number of hydrogen-bond donors (Lipinski definition) is 1. The summed E-state index contributed by atoms with van der Waals surface area (Å²) in [6.45, 7) is 5.94. The van der Waals surface area contributed by atoms with E-state index in [1.807, 2.05) is 0 Å². The molecule has 1 aliphatic rings. The Morgan fingerprint density at radius 2 is 2.09 bits per heavy atom. The Bertz CT molecular complexity index is 495. The summed E-state index contributed by atoms with van der Waals surface area (Å²) in [7, 11) is 0. The highest BCUT2D eigenvalue weighted by molar-refractivity contribution is 5.36. The molecule has 0 saturated heterocycles. The third-order valence-corrected chi connectivity index (χ3v) is 4.86. The van der Waals surface area contributed by atoms with E-state index >= 15 is 0 Å². The van der Waals surface area contributed by atoms with E-state index in [-0.39, 0.29) is 0 Å². The minimum Gasteiger partial charge on any atom is -0.374 e. The van der Waals surface area contributed by atoms with Crippen LogP contribution in [0.4, 0.5) is 0 Å². The standard InChI is InChI=1S/C21H33NO/c1-3-5-6-7-13-23-21-12-11-17-14-18(9-10-19(17)15-21)20(16-22)8-4-2/h6-7,9-10,14,20-21H,3-5,8,11-13,15-16,22H2,1-2H3/b7-6+/t20?,21-/m0/s1. The first-order valence-electron chi connectivity index (χ1n) is 9.36. The van der Waals surface area contributed by atoms with Crippen LogP contribution in [0, 0.1) is 0 Å². The zero-order valence-electron chi connectivity index (χ0n) is 14.9. The number of nitrogens with two attached hydrogens (primary N) is 1. The van der Waals surface area contributed by atoms with Gasteiger partial charge >= 0.3 is 0 Å². The van der Waals surface area contributed by atoms with Crippen molar-refractivity contribution in [3.8, 4) is 0 Å². The van der Waals surface area contributed by atoms with Crippen LogP contribution in [-0.2, 0) is 17.6 Å². The fourth-order valence-electron chi connectivity index (χ4n) is 3.45. The lowest BCUT2D eigenvalue weighted by molar-refractivity contribution is 0.0641. The third kappa shape index (κ3) is 5.47. The number of aryl methyl sites for hydroxylation is 1.